The highest BCUT2D eigenvalue weighted by Crippen LogP contribution is 2.19. The predicted octanol–water partition coefficient (Wildman–Crippen LogP) is 3.78. The fourth-order valence-electron chi connectivity index (χ4n) is 3.89. The second-order valence-corrected chi connectivity index (χ2v) is 9.24. The van der Waals surface area contributed by atoms with Gasteiger partial charge in [0.25, 0.3) is 5.56 Å². The van der Waals surface area contributed by atoms with E-state index in [2.05, 4.69) is 26.6 Å². The van der Waals surface area contributed by atoms with Crippen molar-refractivity contribution >= 4 is 44.3 Å². The Morgan fingerprint density at radius 2 is 1.78 bits per heavy atom. The zero-order valence-electron chi connectivity index (χ0n) is 19.7. The van der Waals surface area contributed by atoms with Crippen LogP contribution >= 0.6 is 15.9 Å². The lowest BCUT2D eigenvalue weighted by Crippen LogP contribution is -2.41. The number of para-hydroxylation sites is 1. The van der Waals surface area contributed by atoms with Crippen molar-refractivity contribution < 1.29 is 18.4 Å². The van der Waals surface area contributed by atoms with Crippen molar-refractivity contribution in [3.8, 4) is 0 Å². The number of rotatable bonds is 10. The SMILES string of the molecule is O=C(CCCCn1c(=O)c2ccccc2n(CC(=O)Nc2ccc(Br)cc2F)c1=O)NCc1ccco1. The predicted molar refractivity (Wildman–Crippen MR) is 140 cm³/mol. The third kappa shape index (κ3) is 6.42. The molecule has 0 unspecified atom stereocenters. The summed E-state index contributed by atoms with van der Waals surface area (Å²) in [7, 11) is 0. The zero-order valence-corrected chi connectivity index (χ0v) is 21.3. The topological polar surface area (TPSA) is 115 Å². The number of aromatic nitrogens is 2. The van der Waals surface area contributed by atoms with Crippen LogP contribution in [0.25, 0.3) is 10.9 Å². The van der Waals surface area contributed by atoms with E-state index in [0.717, 1.165) is 4.57 Å². The van der Waals surface area contributed by atoms with Gasteiger partial charge in [-0.05, 0) is 55.3 Å². The van der Waals surface area contributed by atoms with E-state index in [1.165, 1.54) is 23.0 Å². The highest BCUT2D eigenvalue weighted by atomic mass is 79.9. The second-order valence-electron chi connectivity index (χ2n) is 8.33. The van der Waals surface area contributed by atoms with Gasteiger partial charge in [0.1, 0.15) is 18.1 Å². The van der Waals surface area contributed by atoms with E-state index in [-0.39, 0.29) is 36.5 Å². The van der Waals surface area contributed by atoms with Crippen LogP contribution in [0.4, 0.5) is 10.1 Å². The molecule has 2 amide bonds. The Morgan fingerprint density at radius 1 is 0.973 bits per heavy atom. The zero-order chi connectivity index (χ0) is 26.4. The largest absolute Gasteiger partial charge is 0.467 e. The Morgan fingerprint density at radius 3 is 2.54 bits per heavy atom. The molecule has 4 aromatic rings. The van der Waals surface area contributed by atoms with Gasteiger partial charge in [0.2, 0.25) is 11.8 Å². The van der Waals surface area contributed by atoms with E-state index < -0.39 is 29.5 Å². The van der Waals surface area contributed by atoms with Gasteiger partial charge in [-0.1, -0.05) is 28.1 Å². The number of hydrogen-bond acceptors (Lipinski definition) is 5. The van der Waals surface area contributed by atoms with Crippen molar-refractivity contribution in [1.29, 1.82) is 0 Å². The number of nitrogens with zero attached hydrogens (tertiary/aromatic N) is 2. The third-order valence-corrected chi connectivity index (χ3v) is 6.21. The Balaban J connectivity index is 1.46. The third-order valence-electron chi connectivity index (χ3n) is 5.71. The number of furan rings is 1. The van der Waals surface area contributed by atoms with Gasteiger partial charge in [-0.2, -0.15) is 0 Å². The smallest absolute Gasteiger partial charge is 0.331 e. The molecule has 0 atom stereocenters. The Hall–Kier alpha value is -3.99. The monoisotopic (exact) mass is 570 g/mol. The van der Waals surface area contributed by atoms with Gasteiger partial charge in [0.15, 0.2) is 0 Å². The van der Waals surface area contributed by atoms with Crippen LogP contribution in [0.1, 0.15) is 25.0 Å². The van der Waals surface area contributed by atoms with Crippen LogP contribution in [0.3, 0.4) is 0 Å². The van der Waals surface area contributed by atoms with Crippen LogP contribution < -0.4 is 21.9 Å². The van der Waals surface area contributed by atoms with Crippen LogP contribution in [0.15, 0.2) is 79.3 Å². The average molecular weight is 571 g/mol. The number of carbonyl (C=O) groups excluding carboxylic acids is 2. The number of anilines is 1. The number of fused-ring (bicyclic) bond motifs is 1. The summed E-state index contributed by atoms with van der Waals surface area (Å²) in [5.74, 6) is -0.773. The van der Waals surface area contributed by atoms with Crippen molar-refractivity contribution in [2.24, 2.45) is 0 Å². The minimum atomic E-state index is -0.655. The number of carbonyl (C=O) groups is 2. The summed E-state index contributed by atoms with van der Waals surface area (Å²) in [6, 6.07) is 14.2. The molecule has 0 saturated heterocycles. The molecule has 2 aromatic carbocycles. The molecule has 2 aromatic heterocycles. The van der Waals surface area contributed by atoms with Crippen LogP contribution in [0.5, 0.6) is 0 Å². The van der Waals surface area contributed by atoms with E-state index in [9.17, 15) is 23.6 Å². The molecule has 37 heavy (non-hydrogen) atoms. The van der Waals surface area contributed by atoms with Gasteiger partial charge in [-0.3, -0.25) is 23.5 Å². The lowest BCUT2D eigenvalue weighted by Gasteiger charge is -2.14. The molecule has 0 fully saturated rings. The molecule has 2 N–H and O–H groups in total. The van der Waals surface area contributed by atoms with E-state index in [0.29, 0.717) is 28.6 Å². The Kier molecular flexibility index (Phi) is 8.34. The molecule has 2 heterocycles. The lowest BCUT2D eigenvalue weighted by atomic mass is 10.2. The number of halogens is 2. The van der Waals surface area contributed by atoms with Crippen LogP contribution in [-0.2, 0) is 29.2 Å². The Labute approximate surface area is 219 Å². The first-order valence-electron chi connectivity index (χ1n) is 11.6. The maximum atomic E-state index is 14.2. The van der Waals surface area contributed by atoms with Crippen molar-refractivity contribution in [2.75, 3.05) is 5.32 Å². The number of nitrogens with one attached hydrogen (secondary N) is 2. The van der Waals surface area contributed by atoms with Gasteiger partial charge >= 0.3 is 5.69 Å². The van der Waals surface area contributed by atoms with Crippen molar-refractivity contribution in [3.63, 3.8) is 0 Å². The summed E-state index contributed by atoms with van der Waals surface area (Å²) < 4.78 is 22.1. The molecule has 11 heteroatoms. The van der Waals surface area contributed by atoms with Crippen LogP contribution in [-0.4, -0.2) is 20.9 Å². The standard InChI is InChI=1S/C26H24BrFN4O5/c27-17-10-11-21(20(28)14-17)30-24(34)16-32-22-8-2-1-7-19(22)25(35)31(26(32)36)12-4-3-9-23(33)29-15-18-6-5-13-37-18/h1-2,5-8,10-11,13-14H,3-4,9,12,15-16H2,(H,29,33)(H,30,34). The average Bonchev–Trinajstić information content (AvgIpc) is 3.40. The highest BCUT2D eigenvalue weighted by molar-refractivity contribution is 9.10. The fourth-order valence-corrected chi connectivity index (χ4v) is 4.22. The van der Waals surface area contributed by atoms with Crippen LogP contribution in [0, 0.1) is 5.82 Å². The van der Waals surface area contributed by atoms with E-state index >= 15 is 0 Å². The quantitative estimate of drug-likeness (QED) is 0.281. The van der Waals surface area contributed by atoms with Gasteiger partial charge in [-0.15, -0.1) is 0 Å². The number of amides is 2. The van der Waals surface area contributed by atoms with Gasteiger partial charge < -0.3 is 15.1 Å². The van der Waals surface area contributed by atoms with E-state index in [1.54, 1.807) is 42.5 Å². The van der Waals surface area contributed by atoms with Gasteiger partial charge in [0, 0.05) is 17.4 Å². The summed E-state index contributed by atoms with van der Waals surface area (Å²) in [4.78, 5) is 51.0. The second kappa shape index (κ2) is 11.8. The minimum Gasteiger partial charge on any atom is -0.467 e. The lowest BCUT2D eigenvalue weighted by molar-refractivity contribution is -0.121. The highest BCUT2D eigenvalue weighted by Gasteiger charge is 2.16. The van der Waals surface area contributed by atoms with Crippen LogP contribution in [0.2, 0.25) is 0 Å². The van der Waals surface area contributed by atoms with Crippen molar-refractivity contribution in [1.82, 2.24) is 14.5 Å². The number of hydrogen-bond donors (Lipinski definition) is 2. The summed E-state index contributed by atoms with van der Waals surface area (Å²) in [5, 5.41) is 5.49. The maximum Gasteiger partial charge on any atom is 0.331 e. The molecular weight excluding hydrogens is 547 g/mol. The fraction of sp³-hybridized carbons (Fsp3) is 0.231. The van der Waals surface area contributed by atoms with Gasteiger partial charge in [-0.25, -0.2) is 9.18 Å². The molecule has 0 spiro atoms. The summed E-state index contributed by atoms with van der Waals surface area (Å²) in [5.41, 5.74) is -0.849. The van der Waals surface area contributed by atoms with Crippen molar-refractivity contribution in [2.45, 2.75) is 38.9 Å². The molecule has 192 valence electrons. The van der Waals surface area contributed by atoms with Crippen molar-refractivity contribution in [3.05, 3.63) is 97.7 Å². The molecule has 0 aliphatic rings. The first-order chi connectivity index (χ1) is 17.8. The summed E-state index contributed by atoms with van der Waals surface area (Å²) in [6.07, 6.45) is 2.60. The first-order valence-corrected chi connectivity index (χ1v) is 12.4. The molecule has 0 radical (unpaired) electrons. The Bertz CT molecular complexity index is 1550. The minimum absolute atomic E-state index is 0.0239. The van der Waals surface area contributed by atoms with Gasteiger partial charge in [0.05, 0.1) is 29.4 Å². The summed E-state index contributed by atoms with van der Waals surface area (Å²) in [6.45, 7) is -0.0475. The molecule has 9 nitrogen and oxygen atoms in total. The van der Waals surface area contributed by atoms with E-state index in [4.69, 9.17) is 4.42 Å². The normalized spacial score (nSPS) is 11.0. The molecule has 0 bridgehead atoms. The molecule has 4 rings (SSSR count). The molecule has 0 aliphatic heterocycles. The number of benzene rings is 2. The molecular formula is C26H24BrFN4O5. The summed E-state index contributed by atoms with van der Waals surface area (Å²) >= 11 is 3.16. The maximum absolute atomic E-state index is 14.2. The van der Waals surface area contributed by atoms with E-state index in [1.807, 2.05) is 0 Å². The molecule has 0 aliphatic carbocycles. The number of unbranched alkanes of at least 4 members (excludes halogenated alkanes) is 1. The first kappa shape index (κ1) is 26.1. The molecule has 0 saturated carbocycles.